The molecule has 2 aromatic rings. The van der Waals surface area contributed by atoms with Gasteiger partial charge in [0.1, 0.15) is 0 Å². The summed E-state index contributed by atoms with van der Waals surface area (Å²) in [5.74, 6) is -0.755. The summed E-state index contributed by atoms with van der Waals surface area (Å²) in [6.07, 6.45) is 3.25. The topological polar surface area (TPSA) is 53.1 Å². The summed E-state index contributed by atoms with van der Waals surface area (Å²) < 4.78 is 0. The number of aromatic amines is 1. The number of hydrogen-bond donors (Lipinski definition) is 2. The lowest BCUT2D eigenvalue weighted by molar-refractivity contribution is -0.143. The minimum absolute atomic E-state index is 0.566. The van der Waals surface area contributed by atoms with Crippen molar-refractivity contribution in [3.05, 3.63) is 34.5 Å². The van der Waals surface area contributed by atoms with Crippen molar-refractivity contribution in [3.8, 4) is 0 Å². The quantitative estimate of drug-likeness (QED) is 0.871. The van der Waals surface area contributed by atoms with E-state index in [4.69, 9.17) is 11.6 Å². The van der Waals surface area contributed by atoms with Crippen molar-refractivity contribution in [3.63, 3.8) is 0 Å². The normalized spacial score (nSPS) is 18.0. The summed E-state index contributed by atoms with van der Waals surface area (Å²) in [4.78, 5) is 15.0. The molecule has 19 heavy (non-hydrogen) atoms. The Morgan fingerprint density at radius 1 is 1.32 bits per heavy atom. The van der Waals surface area contributed by atoms with Gasteiger partial charge in [0.2, 0.25) is 0 Å². The SMILES string of the molecule is Cc1cc2cc(Cl)c(C3(C(=O)O)CCCC3)cc2[nH]1. The van der Waals surface area contributed by atoms with Gasteiger partial charge < -0.3 is 10.1 Å². The highest BCUT2D eigenvalue weighted by molar-refractivity contribution is 6.32. The molecule has 0 bridgehead atoms. The molecule has 1 aliphatic rings. The van der Waals surface area contributed by atoms with Crippen molar-refractivity contribution >= 4 is 28.5 Å². The van der Waals surface area contributed by atoms with Crippen LogP contribution in [0.25, 0.3) is 10.9 Å². The van der Waals surface area contributed by atoms with E-state index in [1.807, 2.05) is 25.1 Å². The molecule has 100 valence electrons. The molecule has 1 heterocycles. The number of halogens is 1. The molecule has 0 atom stereocenters. The van der Waals surface area contributed by atoms with Crippen molar-refractivity contribution in [2.45, 2.75) is 38.0 Å². The Bertz CT molecular complexity index is 653. The molecule has 1 aromatic heterocycles. The van der Waals surface area contributed by atoms with Crippen molar-refractivity contribution in [1.29, 1.82) is 0 Å². The lowest BCUT2D eigenvalue weighted by Crippen LogP contribution is -2.32. The number of H-pyrrole nitrogens is 1. The predicted molar refractivity (Wildman–Crippen MR) is 75.8 cm³/mol. The smallest absolute Gasteiger partial charge is 0.314 e. The number of aryl methyl sites for hydroxylation is 1. The van der Waals surface area contributed by atoms with Crippen LogP contribution in [-0.2, 0) is 10.2 Å². The Hall–Kier alpha value is -1.48. The number of rotatable bonds is 2. The zero-order chi connectivity index (χ0) is 13.6. The van der Waals surface area contributed by atoms with Gasteiger partial charge in [-0.05, 0) is 43.5 Å². The van der Waals surface area contributed by atoms with Crippen LogP contribution in [0.5, 0.6) is 0 Å². The molecule has 0 radical (unpaired) electrons. The van der Waals surface area contributed by atoms with Crippen LogP contribution in [0.2, 0.25) is 5.02 Å². The lowest BCUT2D eigenvalue weighted by Gasteiger charge is -2.25. The highest BCUT2D eigenvalue weighted by atomic mass is 35.5. The molecular weight excluding hydrogens is 262 g/mol. The van der Waals surface area contributed by atoms with Crippen LogP contribution in [0.1, 0.15) is 36.9 Å². The average Bonchev–Trinajstić information content (AvgIpc) is 2.93. The number of carbonyl (C=O) groups is 1. The van der Waals surface area contributed by atoms with E-state index in [1.54, 1.807) is 0 Å². The largest absolute Gasteiger partial charge is 0.481 e. The molecule has 0 saturated heterocycles. The van der Waals surface area contributed by atoms with Gasteiger partial charge in [-0.1, -0.05) is 24.4 Å². The van der Waals surface area contributed by atoms with Gasteiger partial charge in [0.15, 0.2) is 0 Å². The maximum atomic E-state index is 11.7. The second-order valence-electron chi connectivity index (χ2n) is 5.47. The second-order valence-corrected chi connectivity index (χ2v) is 5.87. The molecule has 2 N–H and O–H groups in total. The molecule has 0 amide bonds. The summed E-state index contributed by atoms with van der Waals surface area (Å²) >= 11 is 6.35. The zero-order valence-corrected chi connectivity index (χ0v) is 11.5. The molecule has 3 rings (SSSR count). The van der Waals surface area contributed by atoms with E-state index in [-0.39, 0.29) is 0 Å². The van der Waals surface area contributed by atoms with Gasteiger partial charge in [0, 0.05) is 21.6 Å². The summed E-state index contributed by atoms with van der Waals surface area (Å²) in [5.41, 5.74) is 1.97. The number of carboxylic acid groups (broad SMARTS) is 1. The molecule has 0 spiro atoms. The number of fused-ring (bicyclic) bond motifs is 1. The molecule has 3 nitrogen and oxygen atoms in total. The number of benzene rings is 1. The minimum atomic E-state index is -0.801. The standard InChI is InChI=1S/C15H16ClNO2/c1-9-6-10-7-12(16)11(8-13(10)17-9)15(14(18)19)4-2-3-5-15/h6-8,17H,2-5H2,1H3,(H,18,19). The molecule has 1 saturated carbocycles. The van der Waals surface area contributed by atoms with Crippen molar-refractivity contribution < 1.29 is 9.90 Å². The lowest BCUT2D eigenvalue weighted by atomic mass is 9.78. The first-order chi connectivity index (χ1) is 9.03. The molecule has 0 unspecified atom stereocenters. The number of carboxylic acids is 1. The maximum Gasteiger partial charge on any atom is 0.314 e. The van der Waals surface area contributed by atoms with Gasteiger partial charge in [-0.2, -0.15) is 0 Å². The Kier molecular flexibility index (Phi) is 2.82. The molecule has 4 heteroatoms. The third-order valence-electron chi connectivity index (χ3n) is 4.23. The number of nitrogens with one attached hydrogen (secondary N) is 1. The average molecular weight is 278 g/mol. The van der Waals surface area contributed by atoms with Crippen LogP contribution in [0.3, 0.4) is 0 Å². The van der Waals surface area contributed by atoms with Crippen LogP contribution in [-0.4, -0.2) is 16.1 Å². The van der Waals surface area contributed by atoms with Crippen LogP contribution in [0.4, 0.5) is 0 Å². The van der Waals surface area contributed by atoms with E-state index < -0.39 is 11.4 Å². The van der Waals surface area contributed by atoms with Crippen molar-refractivity contribution in [2.24, 2.45) is 0 Å². The van der Waals surface area contributed by atoms with Crippen molar-refractivity contribution in [1.82, 2.24) is 4.98 Å². The Morgan fingerprint density at radius 3 is 2.63 bits per heavy atom. The third-order valence-corrected chi connectivity index (χ3v) is 4.54. The summed E-state index contributed by atoms with van der Waals surface area (Å²) in [5, 5.41) is 11.2. The first-order valence-electron chi connectivity index (χ1n) is 6.56. The molecule has 1 fully saturated rings. The van der Waals surface area contributed by atoms with Crippen LogP contribution >= 0.6 is 11.6 Å². The zero-order valence-electron chi connectivity index (χ0n) is 10.8. The fraction of sp³-hybridized carbons (Fsp3) is 0.400. The monoisotopic (exact) mass is 277 g/mol. The summed E-state index contributed by atoms with van der Waals surface area (Å²) in [6, 6.07) is 5.82. The third kappa shape index (κ3) is 1.84. The van der Waals surface area contributed by atoms with Crippen LogP contribution in [0.15, 0.2) is 18.2 Å². The fourth-order valence-corrected chi connectivity index (χ4v) is 3.59. The van der Waals surface area contributed by atoms with E-state index in [2.05, 4.69) is 4.98 Å². The highest BCUT2D eigenvalue weighted by Gasteiger charge is 2.44. The Labute approximate surface area is 116 Å². The summed E-state index contributed by atoms with van der Waals surface area (Å²) in [7, 11) is 0. The van der Waals surface area contributed by atoms with Gasteiger partial charge in [0.05, 0.1) is 5.41 Å². The van der Waals surface area contributed by atoms with E-state index in [0.29, 0.717) is 17.9 Å². The molecule has 1 aliphatic carbocycles. The van der Waals surface area contributed by atoms with Gasteiger partial charge >= 0.3 is 5.97 Å². The van der Waals surface area contributed by atoms with Crippen molar-refractivity contribution in [2.75, 3.05) is 0 Å². The number of aromatic nitrogens is 1. The predicted octanol–water partition coefficient (Wildman–Crippen LogP) is 4.03. The first kappa shape index (κ1) is 12.5. The number of hydrogen-bond acceptors (Lipinski definition) is 1. The van der Waals surface area contributed by atoms with Gasteiger partial charge in [-0.25, -0.2) is 0 Å². The Balaban J connectivity index is 2.23. The maximum absolute atomic E-state index is 11.7. The van der Waals surface area contributed by atoms with E-state index in [9.17, 15) is 9.90 Å². The molecular formula is C15H16ClNO2. The van der Waals surface area contributed by atoms with E-state index in [1.165, 1.54) is 0 Å². The number of aliphatic carboxylic acids is 1. The van der Waals surface area contributed by atoms with Gasteiger partial charge in [0.25, 0.3) is 0 Å². The molecule has 1 aromatic carbocycles. The van der Waals surface area contributed by atoms with Crippen LogP contribution < -0.4 is 0 Å². The Morgan fingerprint density at radius 2 is 2.00 bits per heavy atom. The van der Waals surface area contributed by atoms with E-state index >= 15 is 0 Å². The van der Waals surface area contributed by atoms with Crippen LogP contribution in [0, 0.1) is 6.92 Å². The van der Waals surface area contributed by atoms with Gasteiger partial charge in [-0.3, -0.25) is 4.79 Å². The molecule has 0 aliphatic heterocycles. The highest BCUT2D eigenvalue weighted by Crippen LogP contribution is 2.45. The second kappa shape index (κ2) is 4.27. The first-order valence-corrected chi connectivity index (χ1v) is 6.93. The minimum Gasteiger partial charge on any atom is -0.481 e. The van der Waals surface area contributed by atoms with Gasteiger partial charge in [-0.15, -0.1) is 0 Å². The fourth-order valence-electron chi connectivity index (χ4n) is 3.24. The van der Waals surface area contributed by atoms with E-state index in [0.717, 1.165) is 35.0 Å². The summed E-state index contributed by atoms with van der Waals surface area (Å²) in [6.45, 7) is 1.98.